The lowest BCUT2D eigenvalue weighted by Crippen LogP contribution is -2.14. The Morgan fingerprint density at radius 1 is 1.21 bits per heavy atom. The van der Waals surface area contributed by atoms with Gasteiger partial charge >= 0.3 is 0 Å². The first-order valence-corrected chi connectivity index (χ1v) is 4.55. The van der Waals surface area contributed by atoms with E-state index < -0.39 is 0 Å². The van der Waals surface area contributed by atoms with Gasteiger partial charge in [0, 0.05) is 13.6 Å². The summed E-state index contributed by atoms with van der Waals surface area (Å²) in [5.41, 5.74) is 0. The van der Waals surface area contributed by atoms with E-state index in [0.29, 0.717) is 17.6 Å². The molecule has 0 aromatic carbocycles. The first kappa shape index (κ1) is 10.6. The first-order chi connectivity index (χ1) is 6.61. The van der Waals surface area contributed by atoms with Crippen molar-refractivity contribution < 1.29 is 0 Å². The van der Waals surface area contributed by atoms with Crippen LogP contribution in [0.2, 0.25) is 0 Å². The minimum absolute atomic E-state index is 0.468. The molecule has 76 valence electrons. The quantitative estimate of drug-likeness (QED) is 0.533. The molecule has 1 heterocycles. The van der Waals surface area contributed by atoms with Crippen molar-refractivity contribution in [3.05, 3.63) is 11.6 Å². The second-order valence-corrected chi connectivity index (χ2v) is 3.05. The summed E-state index contributed by atoms with van der Waals surface area (Å²) in [6.07, 6.45) is 1.72. The Morgan fingerprint density at radius 2 is 1.79 bits per heavy atom. The zero-order valence-electron chi connectivity index (χ0n) is 9.02. The first-order valence-electron chi connectivity index (χ1n) is 4.55. The molecule has 5 nitrogen and oxygen atoms in total. The van der Waals surface area contributed by atoms with E-state index in [9.17, 15) is 0 Å². The van der Waals surface area contributed by atoms with Crippen LogP contribution >= 0.6 is 0 Å². The molecular weight excluding hydrogens is 178 g/mol. The summed E-state index contributed by atoms with van der Waals surface area (Å²) in [5.74, 6) is 1.86. The van der Waals surface area contributed by atoms with Gasteiger partial charge in [-0.15, -0.1) is 0 Å². The number of rotatable bonds is 3. The number of aryl methyl sites for hydroxylation is 2. The normalized spacial score (nSPS) is 10.9. The minimum atomic E-state index is 0.468. The van der Waals surface area contributed by atoms with E-state index in [4.69, 9.17) is 0 Å². The molecule has 1 aromatic heterocycles. The van der Waals surface area contributed by atoms with Gasteiger partial charge in [0.25, 0.3) is 5.95 Å². The average Bonchev–Trinajstić information content (AvgIpc) is 2.12. The van der Waals surface area contributed by atoms with Gasteiger partial charge in [0.2, 0.25) is 0 Å². The molecule has 0 radical (unpaired) electrons. The van der Waals surface area contributed by atoms with Gasteiger partial charge in [-0.05, 0) is 20.8 Å². The fourth-order valence-corrected chi connectivity index (χ4v) is 0.888. The maximum atomic E-state index is 4.14. The van der Waals surface area contributed by atoms with Crippen LogP contribution in [0.3, 0.4) is 0 Å². The highest BCUT2D eigenvalue weighted by Gasteiger charge is 1.97. The van der Waals surface area contributed by atoms with E-state index in [-0.39, 0.29) is 0 Å². The van der Waals surface area contributed by atoms with Gasteiger partial charge in [-0.1, -0.05) is 0 Å². The topological polar surface area (TPSA) is 54.3 Å². The number of aliphatic imine (C=N–C) groups is 1. The average molecular weight is 193 g/mol. The van der Waals surface area contributed by atoms with Crippen molar-refractivity contribution in [1.82, 2.24) is 19.9 Å². The summed E-state index contributed by atoms with van der Waals surface area (Å²) < 4.78 is 0. The molecule has 0 amide bonds. The van der Waals surface area contributed by atoms with E-state index >= 15 is 0 Å². The standard InChI is InChI=1S/C9H15N5/c1-5-14(4)6-10-9-12-7(2)11-8(3)13-9/h6H,5H2,1-4H3/b10-6+. The van der Waals surface area contributed by atoms with Crippen LogP contribution in [0.4, 0.5) is 5.95 Å². The van der Waals surface area contributed by atoms with E-state index in [1.54, 1.807) is 6.34 Å². The van der Waals surface area contributed by atoms with E-state index in [1.165, 1.54) is 0 Å². The largest absolute Gasteiger partial charge is 0.366 e. The van der Waals surface area contributed by atoms with Gasteiger partial charge in [-0.25, -0.2) is 9.98 Å². The molecule has 1 rings (SSSR count). The van der Waals surface area contributed by atoms with Crippen molar-refractivity contribution in [2.75, 3.05) is 13.6 Å². The van der Waals surface area contributed by atoms with Gasteiger partial charge in [0.1, 0.15) is 11.6 Å². The zero-order chi connectivity index (χ0) is 10.6. The molecule has 0 aliphatic carbocycles. The third-order valence-electron chi connectivity index (χ3n) is 1.72. The molecule has 0 saturated carbocycles. The maximum absolute atomic E-state index is 4.14. The SMILES string of the molecule is CCN(C)/C=N/c1nc(C)nc(C)n1. The highest BCUT2D eigenvalue weighted by atomic mass is 15.2. The van der Waals surface area contributed by atoms with Crippen LogP contribution in [0.1, 0.15) is 18.6 Å². The molecule has 0 fully saturated rings. The summed E-state index contributed by atoms with van der Waals surface area (Å²) in [6, 6.07) is 0. The maximum Gasteiger partial charge on any atom is 0.254 e. The summed E-state index contributed by atoms with van der Waals surface area (Å²) in [7, 11) is 1.95. The van der Waals surface area contributed by atoms with Gasteiger partial charge < -0.3 is 4.90 Å². The fraction of sp³-hybridized carbons (Fsp3) is 0.556. The van der Waals surface area contributed by atoms with Crippen LogP contribution < -0.4 is 0 Å². The van der Waals surface area contributed by atoms with E-state index in [2.05, 4.69) is 26.9 Å². The summed E-state index contributed by atoms with van der Waals surface area (Å²) in [6.45, 7) is 6.62. The second kappa shape index (κ2) is 4.64. The Hall–Kier alpha value is -1.52. The third-order valence-corrected chi connectivity index (χ3v) is 1.72. The molecule has 1 aromatic rings. The second-order valence-electron chi connectivity index (χ2n) is 3.05. The number of hydrogen-bond donors (Lipinski definition) is 0. The third kappa shape index (κ3) is 3.08. The molecule has 5 heteroatoms. The van der Waals surface area contributed by atoms with Crippen LogP contribution in [0.5, 0.6) is 0 Å². The Bertz CT molecular complexity index is 314. The van der Waals surface area contributed by atoms with Crippen LogP contribution in [-0.4, -0.2) is 39.8 Å². The molecule has 0 aliphatic rings. The van der Waals surface area contributed by atoms with Gasteiger partial charge in [-0.2, -0.15) is 9.97 Å². The summed E-state index contributed by atoms with van der Waals surface area (Å²) >= 11 is 0. The molecule has 0 atom stereocenters. The minimum Gasteiger partial charge on any atom is -0.366 e. The number of hydrogen-bond acceptors (Lipinski definition) is 4. The van der Waals surface area contributed by atoms with Crippen molar-refractivity contribution in [1.29, 1.82) is 0 Å². The Balaban J connectivity index is 2.81. The van der Waals surface area contributed by atoms with E-state index in [1.807, 2.05) is 25.8 Å². The van der Waals surface area contributed by atoms with Crippen LogP contribution in [0.15, 0.2) is 4.99 Å². The van der Waals surface area contributed by atoms with Crippen LogP contribution in [-0.2, 0) is 0 Å². The van der Waals surface area contributed by atoms with Crippen molar-refractivity contribution in [3.8, 4) is 0 Å². The Labute approximate surface area is 83.9 Å². The van der Waals surface area contributed by atoms with Gasteiger partial charge in [0.05, 0.1) is 6.34 Å². The van der Waals surface area contributed by atoms with Gasteiger partial charge in [-0.3, -0.25) is 0 Å². The summed E-state index contributed by atoms with van der Waals surface area (Å²) in [5, 5.41) is 0. The molecular formula is C9H15N5. The lowest BCUT2D eigenvalue weighted by molar-refractivity contribution is 0.551. The van der Waals surface area contributed by atoms with Crippen molar-refractivity contribution in [3.63, 3.8) is 0 Å². The molecule has 0 unspecified atom stereocenters. The number of aromatic nitrogens is 3. The zero-order valence-corrected chi connectivity index (χ0v) is 9.02. The lowest BCUT2D eigenvalue weighted by Gasteiger charge is -2.07. The van der Waals surface area contributed by atoms with Crippen LogP contribution in [0.25, 0.3) is 0 Å². The molecule has 0 aliphatic heterocycles. The van der Waals surface area contributed by atoms with Crippen molar-refractivity contribution >= 4 is 12.3 Å². The lowest BCUT2D eigenvalue weighted by atomic mass is 10.6. The molecule has 0 saturated heterocycles. The predicted molar refractivity (Wildman–Crippen MR) is 55.8 cm³/mol. The number of nitrogens with zero attached hydrogens (tertiary/aromatic N) is 5. The summed E-state index contributed by atoms with van der Waals surface area (Å²) in [4.78, 5) is 18.3. The highest BCUT2D eigenvalue weighted by molar-refractivity contribution is 5.57. The van der Waals surface area contributed by atoms with Crippen LogP contribution in [0, 0.1) is 13.8 Å². The highest BCUT2D eigenvalue weighted by Crippen LogP contribution is 2.02. The predicted octanol–water partition coefficient (Wildman–Crippen LogP) is 1.10. The van der Waals surface area contributed by atoms with E-state index in [0.717, 1.165) is 6.54 Å². The smallest absolute Gasteiger partial charge is 0.254 e. The molecule has 0 spiro atoms. The Morgan fingerprint density at radius 3 is 2.29 bits per heavy atom. The monoisotopic (exact) mass is 193 g/mol. The molecule has 0 bridgehead atoms. The molecule has 0 N–H and O–H groups in total. The van der Waals surface area contributed by atoms with Gasteiger partial charge in [0.15, 0.2) is 0 Å². The fourth-order valence-electron chi connectivity index (χ4n) is 0.888. The Kier molecular flexibility index (Phi) is 3.50. The van der Waals surface area contributed by atoms with Crippen molar-refractivity contribution in [2.24, 2.45) is 4.99 Å². The van der Waals surface area contributed by atoms with Crippen molar-refractivity contribution in [2.45, 2.75) is 20.8 Å². The molecule has 14 heavy (non-hydrogen) atoms.